The Morgan fingerprint density at radius 1 is 1.22 bits per heavy atom. The van der Waals surface area contributed by atoms with Crippen LogP contribution in [0.25, 0.3) is 0 Å². The van der Waals surface area contributed by atoms with Crippen molar-refractivity contribution in [3.05, 3.63) is 34.4 Å². The van der Waals surface area contributed by atoms with E-state index in [1.54, 1.807) is 0 Å². The number of rotatable bonds is 3. The summed E-state index contributed by atoms with van der Waals surface area (Å²) in [6.45, 7) is 9.07. The molecular weight excluding hydrogens is 224 g/mol. The predicted octanol–water partition coefficient (Wildman–Crippen LogP) is 1.86. The third-order valence-electron chi connectivity index (χ3n) is 3.88. The van der Waals surface area contributed by atoms with Crippen molar-refractivity contribution >= 4 is 0 Å². The van der Waals surface area contributed by atoms with Gasteiger partial charge in [0.2, 0.25) is 0 Å². The van der Waals surface area contributed by atoms with Crippen LogP contribution in [-0.2, 0) is 4.74 Å². The first-order valence-corrected chi connectivity index (χ1v) is 6.69. The van der Waals surface area contributed by atoms with Crippen LogP contribution in [0.2, 0.25) is 0 Å². The highest BCUT2D eigenvalue weighted by Gasteiger charge is 2.25. The summed E-state index contributed by atoms with van der Waals surface area (Å²) in [5.74, 6) is 0. The van der Waals surface area contributed by atoms with Gasteiger partial charge in [0.25, 0.3) is 0 Å². The number of benzene rings is 1. The lowest BCUT2D eigenvalue weighted by Crippen LogP contribution is -2.48. The average Bonchev–Trinajstić information content (AvgIpc) is 2.38. The number of likely N-dealkylation sites (N-methyl/N-ethyl adjacent to an activating group) is 1. The van der Waals surface area contributed by atoms with Crippen LogP contribution < -0.4 is 10.6 Å². The van der Waals surface area contributed by atoms with Gasteiger partial charge in [-0.1, -0.05) is 12.1 Å². The summed E-state index contributed by atoms with van der Waals surface area (Å²) < 4.78 is 5.58. The first-order chi connectivity index (χ1) is 8.63. The SMILES string of the molecule is CNC(c1cc(C)c(C)cc1C)C1COCCN1. The zero-order chi connectivity index (χ0) is 13.1. The number of hydrogen-bond acceptors (Lipinski definition) is 3. The summed E-state index contributed by atoms with van der Waals surface area (Å²) in [7, 11) is 2.02. The van der Waals surface area contributed by atoms with E-state index in [9.17, 15) is 0 Å². The summed E-state index contributed by atoms with van der Waals surface area (Å²) in [5.41, 5.74) is 5.44. The molecule has 3 heteroatoms. The van der Waals surface area contributed by atoms with Gasteiger partial charge in [-0.25, -0.2) is 0 Å². The average molecular weight is 248 g/mol. The Morgan fingerprint density at radius 3 is 2.56 bits per heavy atom. The van der Waals surface area contributed by atoms with Gasteiger partial charge in [0.1, 0.15) is 0 Å². The quantitative estimate of drug-likeness (QED) is 0.856. The number of aryl methyl sites for hydroxylation is 3. The van der Waals surface area contributed by atoms with Gasteiger partial charge < -0.3 is 15.4 Å². The van der Waals surface area contributed by atoms with Crippen LogP contribution in [0, 0.1) is 20.8 Å². The number of morpholine rings is 1. The minimum absolute atomic E-state index is 0.310. The fourth-order valence-electron chi connectivity index (χ4n) is 2.69. The summed E-state index contributed by atoms with van der Waals surface area (Å²) in [4.78, 5) is 0. The zero-order valence-corrected chi connectivity index (χ0v) is 11.8. The lowest BCUT2D eigenvalue weighted by Gasteiger charge is -2.32. The first-order valence-electron chi connectivity index (χ1n) is 6.69. The van der Waals surface area contributed by atoms with E-state index in [1.165, 1.54) is 22.3 Å². The molecule has 0 saturated carbocycles. The van der Waals surface area contributed by atoms with E-state index in [-0.39, 0.29) is 0 Å². The van der Waals surface area contributed by atoms with E-state index >= 15 is 0 Å². The molecule has 2 rings (SSSR count). The minimum atomic E-state index is 0.310. The maximum absolute atomic E-state index is 5.58. The van der Waals surface area contributed by atoms with Gasteiger partial charge >= 0.3 is 0 Å². The maximum Gasteiger partial charge on any atom is 0.0638 e. The second-order valence-electron chi connectivity index (χ2n) is 5.19. The molecule has 1 aromatic carbocycles. The van der Waals surface area contributed by atoms with E-state index in [1.807, 2.05) is 7.05 Å². The molecule has 1 aromatic rings. The van der Waals surface area contributed by atoms with Crippen LogP contribution in [0.1, 0.15) is 28.3 Å². The first kappa shape index (κ1) is 13.5. The van der Waals surface area contributed by atoms with Gasteiger partial charge in [0.15, 0.2) is 0 Å². The van der Waals surface area contributed by atoms with Crippen molar-refractivity contribution in [1.82, 2.24) is 10.6 Å². The molecule has 1 aliphatic rings. The van der Waals surface area contributed by atoms with Gasteiger partial charge in [-0.3, -0.25) is 0 Å². The molecule has 1 saturated heterocycles. The van der Waals surface area contributed by atoms with Gasteiger partial charge in [0, 0.05) is 12.6 Å². The topological polar surface area (TPSA) is 33.3 Å². The van der Waals surface area contributed by atoms with E-state index in [0.29, 0.717) is 12.1 Å². The molecule has 1 fully saturated rings. The number of hydrogen-bond donors (Lipinski definition) is 2. The van der Waals surface area contributed by atoms with Crippen molar-refractivity contribution < 1.29 is 4.74 Å². The third-order valence-corrected chi connectivity index (χ3v) is 3.88. The van der Waals surface area contributed by atoms with E-state index in [4.69, 9.17) is 4.74 Å². The molecule has 0 aromatic heterocycles. The fraction of sp³-hybridized carbons (Fsp3) is 0.600. The van der Waals surface area contributed by atoms with Gasteiger partial charge in [-0.15, -0.1) is 0 Å². The van der Waals surface area contributed by atoms with Crippen LogP contribution >= 0.6 is 0 Å². The van der Waals surface area contributed by atoms with Crippen LogP contribution in [0.4, 0.5) is 0 Å². The second-order valence-corrected chi connectivity index (χ2v) is 5.19. The molecule has 0 aliphatic carbocycles. The highest BCUT2D eigenvalue weighted by atomic mass is 16.5. The van der Waals surface area contributed by atoms with E-state index < -0.39 is 0 Å². The summed E-state index contributed by atoms with van der Waals surface area (Å²) in [6.07, 6.45) is 0. The van der Waals surface area contributed by atoms with Crippen LogP contribution in [0.3, 0.4) is 0 Å². The Bertz CT molecular complexity index is 411. The molecule has 0 bridgehead atoms. The minimum Gasteiger partial charge on any atom is -0.378 e. The number of ether oxygens (including phenoxy) is 1. The largest absolute Gasteiger partial charge is 0.378 e. The molecule has 2 unspecified atom stereocenters. The predicted molar refractivity (Wildman–Crippen MR) is 75.1 cm³/mol. The lowest BCUT2D eigenvalue weighted by molar-refractivity contribution is 0.0645. The van der Waals surface area contributed by atoms with Gasteiger partial charge in [-0.2, -0.15) is 0 Å². The van der Waals surface area contributed by atoms with Gasteiger partial charge in [0.05, 0.1) is 19.3 Å². The Balaban J connectivity index is 2.28. The van der Waals surface area contributed by atoms with E-state index in [0.717, 1.165) is 19.8 Å². The van der Waals surface area contributed by atoms with Crippen molar-refractivity contribution in [2.75, 3.05) is 26.8 Å². The van der Waals surface area contributed by atoms with Crippen molar-refractivity contribution in [3.63, 3.8) is 0 Å². The van der Waals surface area contributed by atoms with Crippen LogP contribution in [0.15, 0.2) is 12.1 Å². The second kappa shape index (κ2) is 5.83. The lowest BCUT2D eigenvalue weighted by atomic mass is 9.91. The molecule has 2 N–H and O–H groups in total. The molecule has 3 nitrogen and oxygen atoms in total. The van der Waals surface area contributed by atoms with Crippen LogP contribution in [0.5, 0.6) is 0 Å². The van der Waals surface area contributed by atoms with E-state index in [2.05, 4.69) is 43.5 Å². The molecule has 100 valence electrons. The Kier molecular flexibility index (Phi) is 4.38. The monoisotopic (exact) mass is 248 g/mol. The zero-order valence-electron chi connectivity index (χ0n) is 11.8. The Hall–Kier alpha value is -0.900. The third kappa shape index (κ3) is 2.74. The van der Waals surface area contributed by atoms with Crippen molar-refractivity contribution in [3.8, 4) is 0 Å². The molecule has 0 radical (unpaired) electrons. The summed E-state index contributed by atoms with van der Waals surface area (Å²) >= 11 is 0. The summed E-state index contributed by atoms with van der Waals surface area (Å²) in [5, 5.41) is 6.98. The fourth-order valence-corrected chi connectivity index (χ4v) is 2.69. The molecular formula is C15H24N2O. The molecule has 18 heavy (non-hydrogen) atoms. The maximum atomic E-state index is 5.58. The highest BCUT2D eigenvalue weighted by Crippen LogP contribution is 2.25. The highest BCUT2D eigenvalue weighted by molar-refractivity contribution is 5.39. The molecule has 2 atom stereocenters. The summed E-state index contributed by atoms with van der Waals surface area (Å²) in [6, 6.07) is 5.25. The van der Waals surface area contributed by atoms with Crippen molar-refractivity contribution in [1.29, 1.82) is 0 Å². The smallest absolute Gasteiger partial charge is 0.0638 e. The standard InChI is InChI=1S/C15H24N2O/c1-10-7-12(3)13(8-11(10)2)15(16-4)14-9-18-6-5-17-14/h7-8,14-17H,5-6,9H2,1-4H3. The number of nitrogens with one attached hydrogen (secondary N) is 2. The Labute approximate surface area is 110 Å². The van der Waals surface area contributed by atoms with Crippen molar-refractivity contribution in [2.24, 2.45) is 0 Å². The van der Waals surface area contributed by atoms with Crippen LogP contribution in [-0.4, -0.2) is 32.8 Å². The molecule has 1 heterocycles. The molecule has 0 amide bonds. The Morgan fingerprint density at radius 2 is 1.94 bits per heavy atom. The molecule has 1 aliphatic heterocycles. The molecule has 0 spiro atoms. The normalized spacial score (nSPS) is 21.9. The van der Waals surface area contributed by atoms with Crippen molar-refractivity contribution in [2.45, 2.75) is 32.9 Å². The van der Waals surface area contributed by atoms with Gasteiger partial charge in [-0.05, 0) is 50.1 Å².